The summed E-state index contributed by atoms with van der Waals surface area (Å²) in [6.45, 7) is 39.9. The molecular formula is C102H109Cl3F3N19O9. The number of aromatic hydroxyl groups is 3. The minimum Gasteiger partial charge on any atom is -0.507 e. The molecule has 9 aromatic heterocycles. The van der Waals surface area contributed by atoms with Crippen molar-refractivity contribution in [2.24, 2.45) is 0 Å². The van der Waals surface area contributed by atoms with Crippen molar-refractivity contribution in [3.63, 3.8) is 0 Å². The van der Waals surface area contributed by atoms with Crippen LogP contribution < -0.4 is 46.5 Å². The summed E-state index contributed by atoms with van der Waals surface area (Å²) in [5.41, 5.74) is 8.42. The number of pyridine rings is 9. The van der Waals surface area contributed by atoms with Gasteiger partial charge < -0.3 is 64.7 Å². The van der Waals surface area contributed by atoms with E-state index in [0.29, 0.717) is 150 Å². The first-order valence-electron chi connectivity index (χ1n) is 45.4. The molecule has 3 saturated heterocycles. The van der Waals surface area contributed by atoms with Gasteiger partial charge in [-0.25, -0.2) is 28.1 Å². The van der Waals surface area contributed by atoms with Crippen LogP contribution in [0.2, 0.25) is 15.1 Å². The van der Waals surface area contributed by atoms with Crippen molar-refractivity contribution >= 4 is 120 Å². The highest BCUT2D eigenvalue weighted by atomic mass is 35.5. The Hall–Kier alpha value is -13.4. The number of rotatable bonds is 16. The van der Waals surface area contributed by atoms with E-state index in [9.17, 15) is 39.3 Å². The molecule has 708 valence electrons. The van der Waals surface area contributed by atoms with Crippen LogP contribution in [0.1, 0.15) is 120 Å². The number of fused-ring (bicyclic) bond motifs is 15. The number of nitrogens with one attached hydrogen (secondary N) is 1. The lowest BCUT2D eigenvalue weighted by molar-refractivity contribution is -0.129. The van der Waals surface area contributed by atoms with Gasteiger partial charge in [-0.2, -0.15) is 0 Å². The smallest absolute Gasteiger partial charge is 0.282 e. The zero-order chi connectivity index (χ0) is 97.7. The molecule has 3 amide bonds. The van der Waals surface area contributed by atoms with Gasteiger partial charge in [-0.1, -0.05) is 114 Å². The molecule has 136 heavy (non-hydrogen) atoms. The molecule has 3 aromatic carbocycles. The van der Waals surface area contributed by atoms with E-state index >= 15 is 18.0 Å². The van der Waals surface area contributed by atoms with Crippen LogP contribution in [0.3, 0.4) is 0 Å². The predicted molar refractivity (Wildman–Crippen MR) is 533 cm³/mol. The molecule has 0 saturated carbocycles. The molecule has 0 aliphatic carbocycles. The van der Waals surface area contributed by atoms with Crippen molar-refractivity contribution in [3.8, 4) is 68.1 Å². The number of benzene rings is 3. The lowest BCUT2D eigenvalue weighted by Crippen LogP contribution is -2.64. The molecule has 4 N–H and O–H groups in total. The molecule has 6 unspecified atom stereocenters. The summed E-state index contributed by atoms with van der Waals surface area (Å²) in [7, 11) is 5.86. The summed E-state index contributed by atoms with van der Waals surface area (Å²) in [5, 5.41) is 37.2. The SMILES string of the molecule is C=CC(=O)N1CC2CN(C)c3c(c4cc(F)c(-c5c(O)cccc5Cl)nc4n(-c4c(C)ccnc4C(C)C)c3=O)N2CC1C.C=CC(=O)N1CC2CN(CCCN(C)C)c3c(c4cc(F)c(-c5c(O)cccc5Cl)nc4n(-c4c(C)ccnc4C(C)C)c3=O)N2CC1C.C=CC(=O)N1CC2CNc3c(c4cc(F)c(-c5c(O)cccc5Cl)nc4n(-c4c(C)ccnc4C(C)C)c3=O)N2CC1C. The summed E-state index contributed by atoms with van der Waals surface area (Å²) in [5.74, 6) is -3.36. The van der Waals surface area contributed by atoms with Crippen LogP contribution in [0.25, 0.3) is 83.9 Å². The normalized spacial score (nSPS) is 17.8. The van der Waals surface area contributed by atoms with Gasteiger partial charge in [0.25, 0.3) is 16.7 Å². The monoisotopic (exact) mass is 1910 g/mol. The highest BCUT2D eigenvalue weighted by Gasteiger charge is 2.47. The van der Waals surface area contributed by atoms with Crippen molar-refractivity contribution in [2.75, 3.05) is 123 Å². The Morgan fingerprint density at radius 3 is 1.17 bits per heavy atom. The summed E-state index contributed by atoms with van der Waals surface area (Å²) >= 11 is 19.4. The van der Waals surface area contributed by atoms with Crippen molar-refractivity contribution in [3.05, 3.63) is 245 Å². The van der Waals surface area contributed by atoms with Crippen molar-refractivity contribution < 1.29 is 42.9 Å². The third kappa shape index (κ3) is 16.9. The molecular weight excluding hydrogens is 1800 g/mol. The minimum absolute atomic E-state index is 0.0333. The van der Waals surface area contributed by atoms with Gasteiger partial charge in [0.1, 0.15) is 51.4 Å². The highest BCUT2D eigenvalue weighted by Crippen LogP contribution is 2.50. The molecule has 3 fully saturated rings. The number of anilines is 6. The van der Waals surface area contributed by atoms with E-state index in [4.69, 9.17) is 54.7 Å². The Kier molecular flexibility index (Phi) is 26.8. The second kappa shape index (κ2) is 38.1. The number of piperazine rings is 3. The van der Waals surface area contributed by atoms with Crippen molar-refractivity contribution in [1.29, 1.82) is 0 Å². The summed E-state index contributed by atoms with van der Waals surface area (Å²) in [4.78, 5) is 129. The van der Waals surface area contributed by atoms with E-state index < -0.39 is 17.5 Å². The van der Waals surface area contributed by atoms with Crippen molar-refractivity contribution in [1.82, 2.24) is 63.2 Å². The minimum atomic E-state index is -0.703. The van der Waals surface area contributed by atoms with E-state index in [2.05, 4.69) is 59.5 Å². The molecule has 18 rings (SSSR count). The van der Waals surface area contributed by atoms with Gasteiger partial charge in [-0.05, 0) is 194 Å². The van der Waals surface area contributed by atoms with Gasteiger partial charge in [0.05, 0.1) is 101 Å². The Labute approximate surface area is 800 Å². The fourth-order valence-electron chi connectivity index (χ4n) is 20.1. The third-order valence-electron chi connectivity index (χ3n) is 26.6. The molecule has 0 spiro atoms. The van der Waals surface area contributed by atoms with Crippen LogP contribution in [0.4, 0.5) is 47.3 Å². The number of halogens is 6. The maximum absolute atomic E-state index is 16.5. The lowest BCUT2D eigenvalue weighted by atomic mass is 9.98. The Bertz CT molecular complexity index is 7050. The van der Waals surface area contributed by atoms with Crippen LogP contribution in [0.5, 0.6) is 17.2 Å². The van der Waals surface area contributed by atoms with Gasteiger partial charge in [-0.15, -0.1) is 0 Å². The van der Waals surface area contributed by atoms with Gasteiger partial charge >= 0.3 is 0 Å². The first kappa shape index (κ1) is 95.8. The van der Waals surface area contributed by atoms with Gasteiger partial charge in [0, 0.05) is 125 Å². The number of carbonyl (C=O) groups excluding carboxylic acids is 3. The van der Waals surface area contributed by atoms with E-state index in [1.54, 1.807) is 69.4 Å². The highest BCUT2D eigenvalue weighted by molar-refractivity contribution is 6.34. The molecule has 34 heteroatoms. The Balaban J connectivity index is 0.000000148. The zero-order valence-corrected chi connectivity index (χ0v) is 80.8. The lowest BCUT2D eigenvalue weighted by Gasteiger charge is -2.51. The first-order valence-corrected chi connectivity index (χ1v) is 46.6. The molecule has 12 aromatic rings. The zero-order valence-electron chi connectivity index (χ0n) is 78.5. The number of carbonyl (C=O) groups is 3. The Morgan fingerprint density at radius 1 is 0.471 bits per heavy atom. The molecule has 6 atom stereocenters. The average Bonchev–Trinajstić information content (AvgIpc) is 0.716. The number of phenolic OH excluding ortho intramolecular Hbond substituents is 3. The molecule has 6 aliphatic rings. The van der Waals surface area contributed by atoms with Crippen LogP contribution in [-0.4, -0.2) is 226 Å². The maximum atomic E-state index is 16.5. The fraction of sp³-hybridized carbons (Fsp3) is 0.353. The Morgan fingerprint density at radius 2 is 0.809 bits per heavy atom. The van der Waals surface area contributed by atoms with Gasteiger partial charge in [0.2, 0.25) is 17.7 Å². The number of aromatic nitrogens is 9. The number of hydrogen-bond donors (Lipinski definition) is 4. The summed E-state index contributed by atoms with van der Waals surface area (Å²) in [6, 6.07) is 22.2. The second-order valence-corrected chi connectivity index (χ2v) is 38.2. The standard InChI is InChI=1S/C37H43ClFN7O3.C33H34ClFN6O3.C32H32ClFN6O3/c1-8-29(48)44-20-24-19-43(16-10-15-42(6)7)35-34(45(24)18-23(44)5)25-17-27(39)32(30-26(38)11-9-12-28(30)47)41-36(25)46(37(35)49)33-22(4)13-14-40-31(33)21(2)3;1-7-25(43)39-16-20-15-38(6)31-30(40(20)14-19(39)5)21-13-23(35)28(26-22(34)9-8-10-24(26)42)37-32(21)41(33(31)44)29-18(4)11-12-36-27(29)17(2)3;1-6-24(42)38-15-19-13-36-28-30(39(19)14-18(38)5)20-12-22(34)27(25-21(33)8-7-9-23(25)41)37-31(20)40(32(28)43)29-17(4)10-11-35-26(29)16(2)3/h8-9,11-14,17,21,23-24,47H,1,10,15-16,18-20H2,2-7H3;7-13,17,19-20,42H,1,14-16H2,2-6H3;6-12,16,18-19,36,41H,1,13-15H2,2-5H3. The van der Waals surface area contributed by atoms with Crippen LogP contribution in [0.15, 0.2) is 162 Å². The van der Waals surface area contributed by atoms with E-state index in [0.717, 1.165) is 29.7 Å². The second-order valence-electron chi connectivity index (χ2n) is 37.0. The molecule has 0 radical (unpaired) electrons. The van der Waals surface area contributed by atoms with E-state index in [1.165, 1.54) is 63.8 Å². The predicted octanol–water partition coefficient (Wildman–Crippen LogP) is 16.6. The van der Waals surface area contributed by atoms with Crippen LogP contribution in [0, 0.1) is 38.2 Å². The molecule has 0 bridgehead atoms. The fourth-order valence-corrected chi connectivity index (χ4v) is 20.9. The van der Waals surface area contributed by atoms with E-state index in [-0.39, 0.29) is 171 Å². The quantitative estimate of drug-likeness (QED) is 0.0653. The first-order chi connectivity index (χ1) is 64.8. The van der Waals surface area contributed by atoms with E-state index in [1.807, 2.05) is 132 Å². The summed E-state index contributed by atoms with van der Waals surface area (Å²) in [6.07, 6.45) is 9.87. The number of likely N-dealkylation sites (N-methyl/N-ethyl adjacent to an activating group) is 1. The summed E-state index contributed by atoms with van der Waals surface area (Å²) < 4.78 is 53.5. The molecule has 6 aliphatic heterocycles. The number of amides is 3. The topological polar surface area (TPSA) is 296 Å². The molecule has 15 heterocycles. The number of phenols is 3. The third-order valence-corrected chi connectivity index (χ3v) is 27.5. The van der Waals surface area contributed by atoms with Crippen LogP contribution in [-0.2, 0) is 14.4 Å². The van der Waals surface area contributed by atoms with Gasteiger partial charge in [-0.3, -0.25) is 57.4 Å². The number of aryl methyl sites for hydroxylation is 3. The van der Waals surface area contributed by atoms with Crippen molar-refractivity contribution in [2.45, 2.75) is 144 Å². The number of hydrogen-bond acceptors (Lipinski definition) is 22. The largest absolute Gasteiger partial charge is 0.507 e. The number of nitrogens with zero attached hydrogens (tertiary/aromatic N) is 18. The van der Waals surface area contributed by atoms with Gasteiger partial charge in [0.15, 0.2) is 34.4 Å². The van der Waals surface area contributed by atoms with Crippen LogP contribution >= 0.6 is 34.8 Å². The maximum Gasteiger partial charge on any atom is 0.282 e. The molecule has 28 nitrogen and oxygen atoms in total. The average molecular weight is 1910 g/mol.